The lowest BCUT2D eigenvalue weighted by molar-refractivity contribution is -0.153. The predicted molar refractivity (Wildman–Crippen MR) is 88.1 cm³/mol. The van der Waals surface area contributed by atoms with Crippen molar-refractivity contribution in [2.45, 2.75) is 12.0 Å². The Balaban J connectivity index is 1.74. The minimum Gasteiger partial charge on any atom is -0.493 e. The normalized spacial score (nSPS) is 21.1. The summed E-state index contributed by atoms with van der Waals surface area (Å²) in [7, 11) is 3.06. The van der Waals surface area contributed by atoms with E-state index in [2.05, 4.69) is 5.32 Å². The highest BCUT2D eigenvalue weighted by Gasteiger charge is 2.55. The maximum atomic E-state index is 12.9. The van der Waals surface area contributed by atoms with Crippen LogP contribution in [0.25, 0.3) is 0 Å². The van der Waals surface area contributed by atoms with Crippen molar-refractivity contribution in [3.8, 4) is 5.75 Å². The topological polar surface area (TPSA) is 105 Å². The Kier molecular flexibility index (Phi) is 4.54. The van der Waals surface area contributed by atoms with Gasteiger partial charge in [-0.3, -0.25) is 19.3 Å². The van der Waals surface area contributed by atoms with Gasteiger partial charge in [0.15, 0.2) is 12.1 Å². The van der Waals surface area contributed by atoms with E-state index in [1.807, 2.05) is 0 Å². The summed E-state index contributed by atoms with van der Waals surface area (Å²) in [5, 5.41) is 2.69. The van der Waals surface area contributed by atoms with Crippen LogP contribution in [0.3, 0.4) is 0 Å². The van der Waals surface area contributed by atoms with Gasteiger partial charge in [-0.1, -0.05) is 18.2 Å². The number of amides is 4. The van der Waals surface area contributed by atoms with E-state index < -0.39 is 42.5 Å². The van der Waals surface area contributed by atoms with Crippen molar-refractivity contribution in [3.63, 3.8) is 0 Å². The predicted octanol–water partition coefficient (Wildman–Crippen LogP) is -0.152. The molecule has 1 N–H and O–H groups in total. The Bertz CT molecular complexity index is 778. The van der Waals surface area contributed by atoms with Crippen LogP contribution in [0.2, 0.25) is 0 Å². The minimum absolute atomic E-state index is 0.263. The lowest BCUT2D eigenvalue weighted by Gasteiger charge is -2.33. The second kappa shape index (κ2) is 6.66. The zero-order valence-electron chi connectivity index (χ0n) is 14.5. The molecule has 2 heterocycles. The molecule has 4 amide bonds. The van der Waals surface area contributed by atoms with Crippen molar-refractivity contribution in [2.75, 3.05) is 33.9 Å². The van der Waals surface area contributed by atoms with Crippen LogP contribution in [-0.4, -0.2) is 67.5 Å². The van der Waals surface area contributed by atoms with Crippen LogP contribution in [-0.2, 0) is 24.7 Å². The number of urea groups is 1. The first-order valence-corrected chi connectivity index (χ1v) is 8.07. The van der Waals surface area contributed by atoms with Gasteiger partial charge in [0.2, 0.25) is 0 Å². The Hall–Kier alpha value is -3.10. The molecular weight excluding hydrogens is 342 g/mol. The molecule has 0 unspecified atom stereocenters. The quantitative estimate of drug-likeness (QED) is 0.591. The zero-order chi connectivity index (χ0) is 18.9. The van der Waals surface area contributed by atoms with Crippen LogP contribution in [0.15, 0.2) is 24.3 Å². The van der Waals surface area contributed by atoms with Crippen LogP contribution in [0.5, 0.6) is 5.75 Å². The lowest BCUT2D eigenvalue weighted by atomic mass is 9.84. The first kappa shape index (κ1) is 17.7. The Morgan fingerprint density at radius 2 is 2.04 bits per heavy atom. The summed E-state index contributed by atoms with van der Waals surface area (Å²) in [4.78, 5) is 50.8. The van der Waals surface area contributed by atoms with Gasteiger partial charge >= 0.3 is 12.0 Å². The summed E-state index contributed by atoms with van der Waals surface area (Å²) in [5.41, 5.74) is -0.686. The van der Waals surface area contributed by atoms with Crippen LogP contribution in [0.4, 0.5) is 4.79 Å². The minimum atomic E-state index is -1.24. The van der Waals surface area contributed by atoms with E-state index in [9.17, 15) is 19.2 Å². The SMILES string of the molecule is CN(C)C(=O)COC(=O)CN1C(=O)N[C@@]2(CCOc3ccccc32)C1=O. The number of rotatable bonds is 4. The fourth-order valence-electron chi connectivity index (χ4n) is 2.96. The summed E-state index contributed by atoms with van der Waals surface area (Å²) < 4.78 is 10.4. The van der Waals surface area contributed by atoms with Gasteiger partial charge in [0.05, 0.1) is 6.61 Å². The van der Waals surface area contributed by atoms with Crippen molar-refractivity contribution in [1.29, 1.82) is 0 Å². The number of imide groups is 1. The number of para-hydroxylation sites is 1. The molecular formula is C17H19N3O6. The number of fused-ring (bicyclic) bond motifs is 2. The molecule has 0 aliphatic carbocycles. The molecule has 1 spiro atoms. The van der Waals surface area contributed by atoms with Crippen molar-refractivity contribution in [3.05, 3.63) is 29.8 Å². The highest BCUT2D eigenvalue weighted by molar-refractivity contribution is 6.09. The van der Waals surface area contributed by atoms with E-state index in [-0.39, 0.29) is 13.0 Å². The first-order valence-electron chi connectivity index (χ1n) is 8.07. The zero-order valence-corrected chi connectivity index (χ0v) is 14.5. The summed E-state index contributed by atoms with van der Waals surface area (Å²) in [6.07, 6.45) is 0.263. The Labute approximate surface area is 149 Å². The molecule has 1 aromatic carbocycles. The largest absolute Gasteiger partial charge is 0.493 e. The number of carbonyl (C=O) groups excluding carboxylic acids is 4. The monoisotopic (exact) mass is 361 g/mol. The van der Waals surface area contributed by atoms with Gasteiger partial charge in [-0.2, -0.15) is 0 Å². The standard InChI is InChI=1S/C17H19N3O6/c1-19(2)13(21)10-26-14(22)9-20-15(23)17(18-16(20)24)7-8-25-12-6-4-3-5-11(12)17/h3-6H,7-10H2,1-2H3,(H,18,24)/t17-/m1/s1. The van der Waals surface area contributed by atoms with Gasteiger partial charge in [0.25, 0.3) is 11.8 Å². The van der Waals surface area contributed by atoms with E-state index in [0.29, 0.717) is 11.3 Å². The molecule has 26 heavy (non-hydrogen) atoms. The van der Waals surface area contributed by atoms with E-state index in [0.717, 1.165) is 4.90 Å². The number of hydrogen-bond acceptors (Lipinski definition) is 6. The number of ether oxygens (including phenoxy) is 2. The number of carbonyl (C=O) groups is 4. The highest BCUT2D eigenvalue weighted by Crippen LogP contribution is 2.40. The lowest BCUT2D eigenvalue weighted by Crippen LogP contribution is -2.47. The molecule has 2 aliphatic rings. The molecule has 9 nitrogen and oxygen atoms in total. The molecule has 0 aromatic heterocycles. The third-order valence-corrected chi connectivity index (χ3v) is 4.40. The Morgan fingerprint density at radius 3 is 2.77 bits per heavy atom. The highest BCUT2D eigenvalue weighted by atomic mass is 16.5. The van der Waals surface area contributed by atoms with Gasteiger partial charge < -0.3 is 19.7 Å². The van der Waals surface area contributed by atoms with Crippen LogP contribution in [0.1, 0.15) is 12.0 Å². The first-order chi connectivity index (χ1) is 12.3. The number of nitrogens with one attached hydrogen (secondary N) is 1. The molecule has 0 saturated carbocycles. The molecule has 1 aromatic rings. The number of nitrogens with zero attached hydrogens (tertiary/aromatic N) is 2. The number of hydrogen-bond donors (Lipinski definition) is 1. The molecule has 0 bridgehead atoms. The van der Waals surface area contributed by atoms with Crippen molar-refractivity contribution in [1.82, 2.24) is 15.1 Å². The average Bonchev–Trinajstić information content (AvgIpc) is 2.85. The third kappa shape index (κ3) is 2.96. The van der Waals surface area contributed by atoms with Gasteiger partial charge in [0, 0.05) is 26.1 Å². The molecule has 0 radical (unpaired) electrons. The van der Waals surface area contributed by atoms with Gasteiger partial charge in [-0.25, -0.2) is 4.79 Å². The van der Waals surface area contributed by atoms with E-state index >= 15 is 0 Å². The van der Waals surface area contributed by atoms with Crippen LogP contribution < -0.4 is 10.1 Å². The molecule has 2 aliphatic heterocycles. The van der Waals surface area contributed by atoms with E-state index in [1.165, 1.54) is 19.0 Å². The molecule has 138 valence electrons. The van der Waals surface area contributed by atoms with E-state index in [4.69, 9.17) is 9.47 Å². The number of esters is 1. The fraction of sp³-hybridized carbons (Fsp3) is 0.412. The van der Waals surface area contributed by atoms with Crippen molar-refractivity contribution < 1.29 is 28.7 Å². The fourth-order valence-corrected chi connectivity index (χ4v) is 2.96. The third-order valence-electron chi connectivity index (χ3n) is 4.40. The van der Waals surface area contributed by atoms with Crippen molar-refractivity contribution in [2.24, 2.45) is 0 Å². The molecule has 1 atom stereocenters. The molecule has 1 saturated heterocycles. The summed E-state index contributed by atoms with van der Waals surface area (Å²) in [6, 6.07) is 6.28. The summed E-state index contributed by atoms with van der Waals surface area (Å²) in [6.45, 7) is -0.744. The molecule has 1 fully saturated rings. The number of likely N-dealkylation sites (N-methyl/N-ethyl adjacent to an activating group) is 1. The van der Waals surface area contributed by atoms with Crippen LogP contribution in [0, 0.1) is 0 Å². The molecule has 3 rings (SSSR count). The maximum absolute atomic E-state index is 12.9. The van der Waals surface area contributed by atoms with Gasteiger partial charge in [-0.05, 0) is 6.07 Å². The second-order valence-electron chi connectivity index (χ2n) is 6.27. The van der Waals surface area contributed by atoms with Gasteiger partial charge in [-0.15, -0.1) is 0 Å². The van der Waals surface area contributed by atoms with E-state index in [1.54, 1.807) is 24.3 Å². The smallest absolute Gasteiger partial charge is 0.326 e. The van der Waals surface area contributed by atoms with Crippen molar-refractivity contribution >= 4 is 23.8 Å². The average molecular weight is 361 g/mol. The van der Waals surface area contributed by atoms with Gasteiger partial charge in [0.1, 0.15) is 12.3 Å². The molecule has 9 heteroatoms. The summed E-state index contributed by atoms with van der Waals surface area (Å²) in [5.74, 6) is -1.24. The van der Waals surface area contributed by atoms with Crippen LogP contribution >= 0.6 is 0 Å². The summed E-state index contributed by atoms with van der Waals surface area (Å²) >= 11 is 0. The number of benzene rings is 1. The maximum Gasteiger partial charge on any atom is 0.326 e. The Morgan fingerprint density at radius 1 is 1.31 bits per heavy atom. The second-order valence-corrected chi connectivity index (χ2v) is 6.27.